The molecule has 5 nitrogen and oxygen atoms in total. The van der Waals surface area contributed by atoms with Crippen molar-refractivity contribution in [2.75, 3.05) is 18.5 Å². The van der Waals surface area contributed by atoms with Crippen LogP contribution in [0.4, 0.5) is 5.69 Å². The van der Waals surface area contributed by atoms with Crippen LogP contribution < -0.4 is 10.6 Å². The van der Waals surface area contributed by atoms with Crippen molar-refractivity contribution in [1.82, 2.24) is 4.98 Å². The highest BCUT2D eigenvalue weighted by Gasteiger charge is 2.05. The Hall–Kier alpha value is -1.78. The third-order valence-electron chi connectivity index (χ3n) is 2.60. The van der Waals surface area contributed by atoms with Crippen LogP contribution in [-0.2, 0) is 0 Å². The van der Waals surface area contributed by atoms with Gasteiger partial charge in [0.05, 0.1) is 11.9 Å². The van der Waals surface area contributed by atoms with Gasteiger partial charge in [0.2, 0.25) is 0 Å². The highest BCUT2D eigenvalue weighted by Crippen LogP contribution is 2.13. The Kier molecular flexibility index (Phi) is 4.75. The molecule has 0 aliphatic heterocycles. The number of nitrogens with zero attached hydrogens (tertiary/aromatic N) is 3. The minimum absolute atomic E-state index is 0.0291. The Morgan fingerprint density at radius 2 is 2.24 bits per heavy atom. The molecule has 0 fully saturated rings. The first-order valence-corrected chi connectivity index (χ1v) is 5.69. The summed E-state index contributed by atoms with van der Waals surface area (Å²) in [5.74, 6) is 0.711. The fraction of sp³-hybridized carbons (Fsp3) is 0.500. The van der Waals surface area contributed by atoms with Crippen LogP contribution in [0.3, 0.4) is 0 Å². The summed E-state index contributed by atoms with van der Waals surface area (Å²) in [7, 11) is 2.03. The Morgan fingerprint density at radius 3 is 2.71 bits per heavy atom. The summed E-state index contributed by atoms with van der Waals surface area (Å²) in [4.78, 5) is 6.28. The maximum atomic E-state index is 8.52. The number of anilines is 1. The molecule has 0 bridgehead atoms. The molecule has 0 unspecified atom stereocenters. The van der Waals surface area contributed by atoms with E-state index in [4.69, 9.17) is 10.9 Å². The highest BCUT2D eigenvalue weighted by molar-refractivity contribution is 5.95. The number of rotatable bonds is 5. The summed E-state index contributed by atoms with van der Waals surface area (Å²) in [5, 5.41) is 11.4. The summed E-state index contributed by atoms with van der Waals surface area (Å²) in [6.45, 7) is 5.39. The molecule has 0 aliphatic carbocycles. The number of amidine groups is 1. The van der Waals surface area contributed by atoms with Crippen LogP contribution in [0.25, 0.3) is 0 Å². The first kappa shape index (κ1) is 13.3. The molecular formula is C12H20N4O. The Morgan fingerprint density at radius 1 is 1.53 bits per heavy atom. The molecule has 0 saturated heterocycles. The molecular weight excluding hydrogens is 216 g/mol. The van der Waals surface area contributed by atoms with E-state index in [1.807, 2.05) is 13.1 Å². The first-order chi connectivity index (χ1) is 8.04. The maximum absolute atomic E-state index is 8.52. The second-order valence-electron chi connectivity index (χ2n) is 4.49. The molecule has 0 aromatic carbocycles. The van der Waals surface area contributed by atoms with E-state index in [0.29, 0.717) is 11.6 Å². The van der Waals surface area contributed by atoms with Gasteiger partial charge >= 0.3 is 0 Å². The lowest BCUT2D eigenvalue weighted by atomic mass is 10.1. The van der Waals surface area contributed by atoms with Crippen LogP contribution in [-0.4, -0.2) is 29.6 Å². The van der Waals surface area contributed by atoms with E-state index < -0.39 is 0 Å². The van der Waals surface area contributed by atoms with Gasteiger partial charge in [-0.1, -0.05) is 19.0 Å². The largest absolute Gasteiger partial charge is 0.409 e. The van der Waals surface area contributed by atoms with Crippen molar-refractivity contribution in [3.05, 3.63) is 24.0 Å². The predicted octanol–water partition coefficient (Wildman–Crippen LogP) is 1.66. The molecule has 1 heterocycles. The van der Waals surface area contributed by atoms with Crippen molar-refractivity contribution < 1.29 is 5.21 Å². The van der Waals surface area contributed by atoms with Gasteiger partial charge < -0.3 is 15.8 Å². The molecule has 0 spiro atoms. The zero-order chi connectivity index (χ0) is 12.8. The maximum Gasteiger partial charge on any atom is 0.188 e. The Balaban J connectivity index is 2.67. The molecule has 0 saturated carbocycles. The third kappa shape index (κ3) is 3.94. The van der Waals surface area contributed by atoms with E-state index in [-0.39, 0.29) is 5.84 Å². The Bertz CT molecular complexity index is 373. The van der Waals surface area contributed by atoms with E-state index >= 15 is 0 Å². The van der Waals surface area contributed by atoms with Gasteiger partial charge in [0.1, 0.15) is 5.69 Å². The number of pyridine rings is 1. The normalized spacial score (nSPS) is 11.9. The van der Waals surface area contributed by atoms with Crippen molar-refractivity contribution in [1.29, 1.82) is 0 Å². The quantitative estimate of drug-likeness (QED) is 0.353. The molecule has 5 heteroatoms. The van der Waals surface area contributed by atoms with Gasteiger partial charge in [-0.2, -0.15) is 0 Å². The van der Waals surface area contributed by atoms with Crippen molar-refractivity contribution in [2.24, 2.45) is 16.8 Å². The standard InChI is InChI=1S/C12H20N4O/c1-9(2)6-7-16(3)10-4-5-11(14-8-10)12(13)15-17/h4-5,8-9,17H,6-7H2,1-3H3,(H2,13,15). The van der Waals surface area contributed by atoms with Crippen LogP contribution in [0.2, 0.25) is 0 Å². The predicted molar refractivity (Wildman–Crippen MR) is 69.5 cm³/mol. The lowest BCUT2D eigenvalue weighted by Gasteiger charge is -2.20. The topological polar surface area (TPSA) is 74.7 Å². The minimum atomic E-state index is 0.0291. The first-order valence-electron chi connectivity index (χ1n) is 5.69. The summed E-state index contributed by atoms with van der Waals surface area (Å²) < 4.78 is 0. The molecule has 1 aromatic rings. The van der Waals surface area contributed by atoms with Crippen LogP contribution in [0.5, 0.6) is 0 Å². The molecule has 0 amide bonds. The number of nitrogens with two attached hydrogens (primary N) is 1. The summed E-state index contributed by atoms with van der Waals surface area (Å²) in [6, 6.07) is 3.66. The van der Waals surface area contributed by atoms with Crippen LogP contribution in [0.1, 0.15) is 26.0 Å². The van der Waals surface area contributed by atoms with E-state index in [1.54, 1.807) is 12.3 Å². The van der Waals surface area contributed by atoms with Gasteiger partial charge in [0.15, 0.2) is 5.84 Å². The zero-order valence-corrected chi connectivity index (χ0v) is 10.6. The second kappa shape index (κ2) is 6.08. The molecule has 0 aliphatic rings. The molecule has 3 N–H and O–H groups in total. The summed E-state index contributed by atoms with van der Waals surface area (Å²) in [6.07, 6.45) is 2.87. The fourth-order valence-electron chi connectivity index (χ4n) is 1.40. The van der Waals surface area contributed by atoms with Crippen molar-refractivity contribution in [3.63, 3.8) is 0 Å². The lowest BCUT2D eigenvalue weighted by Crippen LogP contribution is -2.21. The van der Waals surface area contributed by atoms with Crippen molar-refractivity contribution >= 4 is 11.5 Å². The van der Waals surface area contributed by atoms with E-state index in [2.05, 4.69) is 28.9 Å². The van der Waals surface area contributed by atoms with Gasteiger partial charge in [-0.15, -0.1) is 0 Å². The average Bonchev–Trinajstić information content (AvgIpc) is 2.35. The van der Waals surface area contributed by atoms with Gasteiger partial charge in [-0.3, -0.25) is 4.98 Å². The van der Waals surface area contributed by atoms with Gasteiger partial charge in [0, 0.05) is 13.6 Å². The van der Waals surface area contributed by atoms with E-state index in [9.17, 15) is 0 Å². The van der Waals surface area contributed by atoms with Gasteiger partial charge in [-0.05, 0) is 24.5 Å². The van der Waals surface area contributed by atoms with E-state index in [1.165, 1.54) is 0 Å². The Labute approximate surface area is 102 Å². The summed E-state index contributed by atoms with van der Waals surface area (Å²) >= 11 is 0. The molecule has 1 rings (SSSR count). The zero-order valence-electron chi connectivity index (χ0n) is 10.6. The van der Waals surface area contributed by atoms with Gasteiger partial charge in [-0.25, -0.2) is 0 Å². The van der Waals surface area contributed by atoms with Crippen LogP contribution >= 0.6 is 0 Å². The fourth-order valence-corrected chi connectivity index (χ4v) is 1.40. The van der Waals surface area contributed by atoms with Crippen LogP contribution in [0, 0.1) is 5.92 Å². The highest BCUT2D eigenvalue weighted by atomic mass is 16.4. The average molecular weight is 236 g/mol. The smallest absolute Gasteiger partial charge is 0.188 e. The molecule has 0 radical (unpaired) electrons. The number of aromatic nitrogens is 1. The lowest BCUT2D eigenvalue weighted by molar-refractivity contribution is 0.318. The number of oxime groups is 1. The molecule has 1 aromatic heterocycles. The minimum Gasteiger partial charge on any atom is -0.409 e. The third-order valence-corrected chi connectivity index (χ3v) is 2.60. The summed E-state index contributed by atoms with van der Waals surface area (Å²) in [5.41, 5.74) is 6.95. The molecule has 0 atom stereocenters. The monoisotopic (exact) mass is 236 g/mol. The number of hydrogen-bond acceptors (Lipinski definition) is 4. The SMILES string of the molecule is CC(C)CCN(C)c1ccc(/C(N)=N/O)nc1. The number of hydrogen-bond donors (Lipinski definition) is 2. The van der Waals surface area contributed by atoms with Crippen molar-refractivity contribution in [2.45, 2.75) is 20.3 Å². The van der Waals surface area contributed by atoms with Crippen LogP contribution in [0.15, 0.2) is 23.5 Å². The molecule has 17 heavy (non-hydrogen) atoms. The van der Waals surface area contributed by atoms with E-state index in [0.717, 1.165) is 18.7 Å². The van der Waals surface area contributed by atoms with Crippen molar-refractivity contribution in [3.8, 4) is 0 Å². The second-order valence-corrected chi connectivity index (χ2v) is 4.49. The molecule has 94 valence electrons. The van der Waals surface area contributed by atoms with Gasteiger partial charge in [0.25, 0.3) is 0 Å².